The highest BCUT2D eigenvalue weighted by Gasteiger charge is 2.28. The van der Waals surface area contributed by atoms with Crippen molar-refractivity contribution >= 4 is 23.0 Å². The largest absolute Gasteiger partial charge is 0.497 e. The van der Waals surface area contributed by atoms with E-state index in [1.807, 2.05) is 24.3 Å². The number of anilines is 1. The number of methoxy groups -OCH3 is 1. The van der Waals surface area contributed by atoms with Gasteiger partial charge >= 0.3 is 0 Å². The van der Waals surface area contributed by atoms with E-state index in [1.165, 1.54) is 18.5 Å². The number of hydrogen-bond acceptors (Lipinski definition) is 2. The summed E-state index contributed by atoms with van der Waals surface area (Å²) < 4.78 is 7.44. The molecule has 0 saturated carbocycles. The quantitative estimate of drug-likeness (QED) is 0.814. The second-order valence-electron chi connectivity index (χ2n) is 6.88. The lowest BCUT2D eigenvalue weighted by Crippen LogP contribution is -2.38. The summed E-state index contributed by atoms with van der Waals surface area (Å²) in [5.74, 6) is 1.58. The summed E-state index contributed by atoms with van der Waals surface area (Å²) in [6, 6.07) is 12.6. The van der Waals surface area contributed by atoms with Gasteiger partial charge in [-0.05, 0) is 73.8 Å². The Labute approximate surface area is 155 Å². The lowest BCUT2D eigenvalue weighted by Gasteiger charge is -2.33. The average molecular weight is 358 g/mol. The van der Waals surface area contributed by atoms with Crippen LogP contribution in [0.5, 0.6) is 5.75 Å². The number of thiocarbonyl (C=S) groups is 1. The number of benzene rings is 1. The van der Waals surface area contributed by atoms with Gasteiger partial charge in [-0.3, -0.25) is 0 Å². The molecule has 1 saturated heterocycles. The van der Waals surface area contributed by atoms with E-state index in [1.54, 1.807) is 7.11 Å². The molecular weight excluding hydrogens is 330 g/mol. The van der Waals surface area contributed by atoms with E-state index in [0.717, 1.165) is 35.4 Å². The van der Waals surface area contributed by atoms with E-state index in [-0.39, 0.29) is 0 Å². The highest BCUT2D eigenvalue weighted by atomic mass is 32.1. The first kappa shape index (κ1) is 17.8. The Balaban J connectivity index is 1.79. The zero-order chi connectivity index (χ0) is 17.8. The van der Waals surface area contributed by atoms with E-state index in [4.69, 9.17) is 17.0 Å². The molecule has 2 aromatic rings. The number of aromatic nitrogens is 1. The molecule has 0 aliphatic carbocycles. The Kier molecular flexibility index (Phi) is 5.63. The van der Waals surface area contributed by atoms with Crippen LogP contribution in [-0.4, -0.2) is 28.2 Å². The zero-order valence-electron chi connectivity index (χ0n) is 15.2. The molecule has 1 fully saturated rings. The summed E-state index contributed by atoms with van der Waals surface area (Å²) in [6.07, 6.45) is 5.65. The lowest BCUT2D eigenvalue weighted by atomic mass is 10.0. The van der Waals surface area contributed by atoms with Crippen molar-refractivity contribution in [2.75, 3.05) is 19.0 Å². The first-order chi connectivity index (χ1) is 12.1. The van der Waals surface area contributed by atoms with Gasteiger partial charge in [-0.15, -0.1) is 0 Å². The molecule has 5 heteroatoms. The maximum atomic E-state index is 5.78. The molecule has 1 aromatic heterocycles. The van der Waals surface area contributed by atoms with E-state index in [0.29, 0.717) is 6.04 Å². The van der Waals surface area contributed by atoms with Gasteiger partial charge in [0.2, 0.25) is 0 Å². The predicted molar refractivity (Wildman–Crippen MR) is 107 cm³/mol. The van der Waals surface area contributed by atoms with Gasteiger partial charge in [0.15, 0.2) is 5.11 Å². The Morgan fingerprint density at radius 1 is 1.16 bits per heavy atom. The molecule has 0 amide bonds. The predicted octanol–water partition coefficient (Wildman–Crippen LogP) is 4.59. The second kappa shape index (κ2) is 7.91. The molecule has 2 atom stereocenters. The van der Waals surface area contributed by atoms with Crippen LogP contribution < -0.4 is 10.1 Å². The topological polar surface area (TPSA) is 29.4 Å². The van der Waals surface area contributed by atoms with Gasteiger partial charge in [0, 0.05) is 31.2 Å². The molecule has 0 radical (unpaired) electrons. The van der Waals surface area contributed by atoms with Crippen LogP contribution in [0.15, 0.2) is 42.6 Å². The third kappa shape index (κ3) is 4.15. The average Bonchev–Trinajstić information content (AvgIpc) is 2.94. The molecule has 0 bridgehead atoms. The van der Waals surface area contributed by atoms with E-state index in [2.05, 4.69) is 47.1 Å². The maximum Gasteiger partial charge on any atom is 0.173 e. The van der Waals surface area contributed by atoms with Crippen LogP contribution in [0.3, 0.4) is 0 Å². The van der Waals surface area contributed by atoms with Gasteiger partial charge in [-0.1, -0.05) is 6.92 Å². The van der Waals surface area contributed by atoms with E-state index >= 15 is 0 Å². The standard InChI is InChI=1S/C20H27N3OS/c1-15-6-11-19(18-5-4-13-22(18)2)23(14-12-15)20(25)21-16-7-9-17(24-3)10-8-16/h4-5,7-10,13,15,19H,6,11-12,14H2,1-3H3,(H,21,25)/t15-,19+/m1/s1. The SMILES string of the molecule is COc1ccc(NC(=S)N2CC[C@H](C)CC[C@H]2c2cccn2C)cc1. The Morgan fingerprint density at radius 3 is 2.56 bits per heavy atom. The minimum atomic E-state index is 0.322. The first-order valence-electron chi connectivity index (χ1n) is 8.91. The monoisotopic (exact) mass is 357 g/mol. The van der Waals surface area contributed by atoms with Crippen LogP contribution in [0.2, 0.25) is 0 Å². The van der Waals surface area contributed by atoms with Crippen molar-refractivity contribution < 1.29 is 4.74 Å². The number of rotatable bonds is 3. The summed E-state index contributed by atoms with van der Waals surface area (Å²) >= 11 is 5.78. The highest BCUT2D eigenvalue weighted by Crippen LogP contribution is 2.33. The van der Waals surface area contributed by atoms with Gasteiger partial charge < -0.3 is 19.5 Å². The molecule has 1 aliphatic heterocycles. The molecule has 4 nitrogen and oxygen atoms in total. The third-order valence-electron chi connectivity index (χ3n) is 5.10. The molecule has 1 aromatic carbocycles. The van der Waals surface area contributed by atoms with Crippen molar-refractivity contribution in [3.63, 3.8) is 0 Å². The van der Waals surface area contributed by atoms with Gasteiger partial charge in [-0.25, -0.2) is 0 Å². The van der Waals surface area contributed by atoms with Crippen molar-refractivity contribution in [2.45, 2.75) is 32.2 Å². The van der Waals surface area contributed by atoms with E-state index < -0.39 is 0 Å². The summed E-state index contributed by atoms with van der Waals surface area (Å²) in [6.45, 7) is 3.32. The lowest BCUT2D eigenvalue weighted by molar-refractivity contribution is 0.314. The molecule has 3 rings (SSSR count). The number of likely N-dealkylation sites (tertiary alicyclic amines) is 1. The maximum absolute atomic E-state index is 5.78. The molecule has 0 unspecified atom stereocenters. The number of hydrogen-bond donors (Lipinski definition) is 1. The number of nitrogens with zero attached hydrogens (tertiary/aromatic N) is 2. The number of nitrogens with one attached hydrogen (secondary N) is 1. The fraction of sp³-hybridized carbons (Fsp3) is 0.450. The van der Waals surface area contributed by atoms with Crippen molar-refractivity contribution in [2.24, 2.45) is 13.0 Å². The van der Waals surface area contributed by atoms with Crippen LogP contribution in [0, 0.1) is 5.92 Å². The summed E-state index contributed by atoms with van der Waals surface area (Å²) in [5, 5.41) is 4.21. The summed E-state index contributed by atoms with van der Waals surface area (Å²) in [5.41, 5.74) is 2.32. The summed E-state index contributed by atoms with van der Waals surface area (Å²) in [4.78, 5) is 2.36. The molecule has 134 valence electrons. The van der Waals surface area contributed by atoms with Crippen LogP contribution in [-0.2, 0) is 7.05 Å². The van der Waals surface area contributed by atoms with Gasteiger partial charge in [0.25, 0.3) is 0 Å². The molecule has 0 spiro atoms. The number of ether oxygens (including phenoxy) is 1. The first-order valence-corrected chi connectivity index (χ1v) is 9.32. The smallest absolute Gasteiger partial charge is 0.173 e. The van der Waals surface area contributed by atoms with Gasteiger partial charge in [0.1, 0.15) is 5.75 Å². The van der Waals surface area contributed by atoms with Crippen LogP contribution >= 0.6 is 12.2 Å². The second-order valence-corrected chi connectivity index (χ2v) is 7.27. The fourth-order valence-corrected chi connectivity index (χ4v) is 3.84. The van der Waals surface area contributed by atoms with Crippen LogP contribution in [0.4, 0.5) is 5.69 Å². The zero-order valence-corrected chi connectivity index (χ0v) is 16.1. The van der Waals surface area contributed by atoms with E-state index in [9.17, 15) is 0 Å². The van der Waals surface area contributed by atoms with Crippen molar-refractivity contribution in [1.29, 1.82) is 0 Å². The minimum Gasteiger partial charge on any atom is -0.497 e. The van der Waals surface area contributed by atoms with Crippen LogP contribution in [0.25, 0.3) is 0 Å². The van der Waals surface area contributed by atoms with Crippen molar-refractivity contribution in [1.82, 2.24) is 9.47 Å². The van der Waals surface area contributed by atoms with Crippen molar-refractivity contribution in [3.8, 4) is 5.75 Å². The molecule has 25 heavy (non-hydrogen) atoms. The summed E-state index contributed by atoms with van der Waals surface area (Å²) in [7, 11) is 3.79. The Morgan fingerprint density at radius 2 is 1.92 bits per heavy atom. The van der Waals surface area contributed by atoms with Crippen molar-refractivity contribution in [3.05, 3.63) is 48.3 Å². The Bertz CT molecular complexity index is 710. The third-order valence-corrected chi connectivity index (χ3v) is 5.44. The molecule has 1 aliphatic rings. The normalized spacial score (nSPS) is 20.8. The van der Waals surface area contributed by atoms with Gasteiger partial charge in [-0.2, -0.15) is 0 Å². The number of aryl methyl sites for hydroxylation is 1. The van der Waals surface area contributed by atoms with Crippen LogP contribution in [0.1, 0.15) is 37.9 Å². The Hall–Kier alpha value is -2.01. The minimum absolute atomic E-state index is 0.322. The fourth-order valence-electron chi connectivity index (χ4n) is 3.50. The molecule has 1 N–H and O–H groups in total. The molecule has 2 heterocycles. The molecular formula is C20H27N3OS. The highest BCUT2D eigenvalue weighted by molar-refractivity contribution is 7.80. The van der Waals surface area contributed by atoms with Gasteiger partial charge in [0.05, 0.1) is 13.2 Å².